The summed E-state index contributed by atoms with van der Waals surface area (Å²) in [5.74, 6) is 0.280. The zero-order valence-electron chi connectivity index (χ0n) is 11.9. The fourth-order valence-electron chi connectivity index (χ4n) is 2.01. The molecule has 1 aromatic carbocycles. The number of rotatable bonds is 3. The number of amides is 1. The second kappa shape index (κ2) is 7.90. The molecule has 1 saturated heterocycles. The molecule has 1 aromatic rings. The molecule has 1 aliphatic rings. The molecule has 1 atom stereocenters. The molecule has 0 spiro atoms. The Balaban J connectivity index is 2.00. The number of ether oxygens (including phenoxy) is 1. The third kappa shape index (κ3) is 4.41. The number of carbonyl (C=O) groups excluding carboxylic acids is 2. The number of thioether (sulfide) groups is 1. The largest absolute Gasteiger partial charge is 0.468 e. The van der Waals surface area contributed by atoms with E-state index in [0.717, 1.165) is 5.56 Å². The van der Waals surface area contributed by atoms with Gasteiger partial charge in [0, 0.05) is 24.9 Å². The van der Waals surface area contributed by atoms with Crippen molar-refractivity contribution in [2.24, 2.45) is 0 Å². The fraction of sp³-hybridized carbons (Fsp3) is 0.333. The standard InChI is InChI=1S/C15H15Cl2NO3S/c1-21-15(20)13-9-18(6-7-22-13)14(19)5-3-10-2-4-11(16)12(17)8-10/h2-5,8,13H,6-7,9H2,1H3/b5-3+/t13-/m1/s1. The number of methoxy groups -OCH3 is 1. The van der Waals surface area contributed by atoms with Gasteiger partial charge in [0.2, 0.25) is 5.91 Å². The van der Waals surface area contributed by atoms with E-state index in [1.165, 1.54) is 24.9 Å². The Morgan fingerprint density at radius 3 is 2.82 bits per heavy atom. The molecule has 0 aromatic heterocycles. The van der Waals surface area contributed by atoms with E-state index in [1.54, 1.807) is 29.2 Å². The van der Waals surface area contributed by atoms with Crippen molar-refractivity contribution in [3.05, 3.63) is 39.9 Å². The van der Waals surface area contributed by atoms with Gasteiger partial charge in [-0.05, 0) is 23.8 Å². The molecular weight excluding hydrogens is 345 g/mol. The van der Waals surface area contributed by atoms with E-state index in [9.17, 15) is 9.59 Å². The number of halogens is 2. The number of hydrogen-bond acceptors (Lipinski definition) is 4. The summed E-state index contributed by atoms with van der Waals surface area (Å²) >= 11 is 13.3. The van der Waals surface area contributed by atoms with Crippen LogP contribution in [0.3, 0.4) is 0 Å². The first kappa shape index (κ1) is 17.2. The Morgan fingerprint density at radius 2 is 2.14 bits per heavy atom. The Bertz CT molecular complexity index is 606. The second-order valence-corrected chi connectivity index (χ2v) is 6.80. The monoisotopic (exact) mass is 359 g/mol. The maximum absolute atomic E-state index is 12.2. The zero-order valence-corrected chi connectivity index (χ0v) is 14.2. The van der Waals surface area contributed by atoms with Gasteiger partial charge >= 0.3 is 5.97 Å². The van der Waals surface area contributed by atoms with Gasteiger partial charge in [0.25, 0.3) is 0 Å². The predicted molar refractivity (Wildman–Crippen MR) is 90.3 cm³/mol. The van der Waals surface area contributed by atoms with Crippen molar-refractivity contribution in [3.63, 3.8) is 0 Å². The maximum Gasteiger partial charge on any atom is 0.320 e. The SMILES string of the molecule is COC(=O)[C@H]1CN(C(=O)/C=C/c2ccc(Cl)c(Cl)c2)CCS1. The molecule has 0 radical (unpaired) electrons. The Morgan fingerprint density at radius 1 is 1.36 bits per heavy atom. The summed E-state index contributed by atoms with van der Waals surface area (Å²) in [4.78, 5) is 25.4. The van der Waals surface area contributed by atoms with Gasteiger partial charge < -0.3 is 9.64 Å². The van der Waals surface area contributed by atoms with Crippen molar-refractivity contribution in [1.82, 2.24) is 4.90 Å². The quantitative estimate of drug-likeness (QED) is 0.614. The van der Waals surface area contributed by atoms with Gasteiger partial charge in [0.1, 0.15) is 5.25 Å². The van der Waals surface area contributed by atoms with Crippen molar-refractivity contribution in [2.75, 3.05) is 26.0 Å². The third-order valence-corrected chi connectivity index (χ3v) is 5.11. The number of benzene rings is 1. The highest BCUT2D eigenvalue weighted by molar-refractivity contribution is 8.00. The third-order valence-electron chi connectivity index (χ3n) is 3.20. The number of esters is 1. The van der Waals surface area contributed by atoms with Crippen molar-refractivity contribution >= 4 is 52.9 Å². The summed E-state index contributed by atoms with van der Waals surface area (Å²) in [6, 6.07) is 5.15. The molecule has 4 nitrogen and oxygen atoms in total. The molecule has 22 heavy (non-hydrogen) atoms. The van der Waals surface area contributed by atoms with Crippen LogP contribution in [0.5, 0.6) is 0 Å². The van der Waals surface area contributed by atoms with E-state index in [0.29, 0.717) is 28.9 Å². The Labute approximate surface area is 143 Å². The van der Waals surface area contributed by atoms with Crippen LogP contribution in [-0.4, -0.2) is 48.0 Å². The second-order valence-electron chi connectivity index (χ2n) is 4.67. The molecule has 2 rings (SSSR count). The van der Waals surface area contributed by atoms with Gasteiger partial charge in [0.05, 0.1) is 17.2 Å². The summed E-state index contributed by atoms with van der Waals surface area (Å²) < 4.78 is 4.73. The lowest BCUT2D eigenvalue weighted by molar-refractivity contribution is -0.140. The van der Waals surface area contributed by atoms with E-state index in [2.05, 4.69) is 0 Å². The van der Waals surface area contributed by atoms with Crippen molar-refractivity contribution < 1.29 is 14.3 Å². The molecule has 0 N–H and O–H groups in total. The maximum atomic E-state index is 12.2. The molecule has 7 heteroatoms. The minimum Gasteiger partial charge on any atom is -0.468 e. The summed E-state index contributed by atoms with van der Waals surface area (Å²) in [7, 11) is 1.35. The summed E-state index contributed by atoms with van der Waals surface area (Å²) in [6.07, 6.45) is 3.16. The highest BCUT2D eigenvalue weighted by Gasteiger charge is 2.28. The van der Waals surface area contributed by atoms with Crippen LogP contribution >= 0.6 is 35.0 Å². The van der Waals surface area contributed by atoms with E-state index < -0.39 is 0 Å². The molecule has 118 valence electrons. The van der Waals surface area contributed by atoms with Crippen LogP contribution in [0.4, 0.5) is 0 Å². The first-order valence-corrected chi connectivity index (χ1v) is 8.43. The van der Waals surface area contributed by atoms with Crippen LogP contribution in [0.25, 0.3) is 6.08 Å². The molecule has 0 saturated carbocycles. The van der Waals surface area contributed by atoms with E-state index in [4.69, 9.17) is 27.9 Å². The highest BCUT2D eigenvalue weighted by atomic mass is 35.5. The molecule has 0 bridgehead atoms. The van der Waals surface area contributed by atoms with Crippen LogP contribution in [0.1, 0.15) is 5.56 Å². The zero-order chi connectivity index (χ0) is 16.1. The van der Waals surface area contributed by atoms with Crippen LogP contribution in [-0.2, 0) is 14.3 Å². The van der Waals surface area contributed by atoms with Crippen LogP contribution < -0.4 is 0 Å². The lowest BCUT2D eigenvalue weighted by Crippen LogP contribution is -2.44. The Kier molecular flexibility index (Phi) is 6.17. The van der Waals surface area contributed by atoms with Crippen molar-refractivity contribution in [2.45, 2.75) is 5.25 Å². The van der Waals surface area contributed by atoms with Crippen LogP contribution in [0.15, 0.2) is 24.3 Å². The van der Waals surface area contributed by atoms with Gasteiger partial charge in [0.15, 0.2) is 0 Å². The predicted octanol–water partition coefficient (Wildman–Crippen LogP) is 3.12. The molecule has 0 unspecified atom stereocenters. The van der Waals surface area contributed by atoms with Crippen molar-refractivity contribution in [3.8, 4) is 0 Å². The number of hydrogen-bond donors (Lipinski definition) is 0. The van der Waals surface area contributed by atoms with Crippen molar-refractivity contribution in [1.29, 1.82) is 0 Å². The minimum atomic E-state index is -0.318. The summed E-state index contributed by atoms with van der Waals surface area (Å²) in [6.45, 7) is 0.977. The smallest absolute Gasteiger partial charge is 0.320 e. The van der Waals surface area contributed by atoms with Gasteiger partial charge in [-0.2, -0.15) is 0 Å². The lowest BCUT2D eigenvalue weighted by atomic mass is 10.2. The molecule has 1 amide bonds. The summed E-state index contributed by atoms with van der Waals surface area (Å²) in [5, 5.41) is 0.594. The number of carbonyl (C=O) groups is 2. The first-order chi connectivity index (χ1) is 10.5. The van der Waals surface area contributed by atoms with Gasteiger partial charge in [-0.3, -0.25) is 9.59 Å². The number of nitrogens with zero attached hydrogens (tertiary/aromatic N) is 1. The molecule has 1 aliphatic heterocycles. The molecule has 1 fully saturated rings. The highest BCUT2D eigenvalue weighted by Crippen LogP contribution is 2.23. The summed E-state index contributed by atoms with van der Waals surface area (Å²) in [5.41, 5.74) is 0.790. The molecular formula is C15H15Cl2NO3S. The fourth-order valence-corrected chi connectivity index (χ4v) is 3.45. The minimum absolute atomic E-state index is 0.139. The van der Waals surface area contributed by atoms with Gasteiger partial charge in [-0.1, -0.05) is 29.3 Å². The molecule has 1 heterocycles. The van der Waals surface area contributed by atoms with E-state index in [-0.39, 0.29) is 17.1 Å². The Hall–Kier alpha value is -1.17. The normalized spacial score (nSPS) is 18.5. The van der Waals surface area contributed by atoms with Gasteiger partial charge in [-0.15, -0.1) is 11.8 Å². The first-order valence-electron chi connectivity index (χ1n) is 6.62. The van der Waals surface area contributed by atoms with E-state index in [1.807, 2.05) is 0 Å². The average molecular weight is 360 g/mol. The molecule has 0 aliphatic carbocycles. The van der Waals surface area contributed by atoms with E-state index >= 15 is 0 Å². The van der Waals surface area contributed by atoms with Crippen LogP contribution in [0.2, 0.25) is 10.0 Å². The lowest BCUT2D eigenvalue weighted by Gasteiger charge is -2.30. The van der Waals surface area contributed by atoms with Gasteiger partial charge in [-0.25, -0.2) is 0 Å². The van der Waals surface area contributed by atoms with Crippen LogP contribution in [0, 0.1) is 0 Å². The topological polar surface area (TPSA) is 46.6 Å². The average Bonchev–Trinajstić information content (AvgIpc) is 2.55.